The maximum absolute atomic E-state index is 13.1. The van der Waals surface area contributed by atoms with Gasteiger partial charge in [0, 0.05) is 0 Å². The molecule has 3 aromatic rings. The number of hydrogen-bond acceptors (Lipinski definition) is 3. The number of carbonyl (C=O) groups excluding carboxylic acids is 1. The quantitative estimate of drug-likeness (QED) is 0.598. The molecule has 1 heterocycles. The summed E-state index contributed by atoms with van der Waals surface area (Å²) in [5.41, 5.74) is 0.255. The van der Waals surface area contributed by atoms with Crippen LogP contribution in [0.2, 0.25) is 0 Å². The van der Waals surface area contributed by atoms with Gasteiger partial charge in [-0.25, -0.2) is 4.79 Å². The van der Waals surface area contributed by atoms with Crippen molar-refractivity contribution < 1.29 is 32.6 Å². The van der Waals surface area contributed by atoms with E-state index in [1.165, 1.54) is 18.2 Å². The number of aromatic carboxylic acids is 1. The zero-order chi connectivity index (χ0) is 22.2. The van der Waals surface area contributed by atoms with Crippen molar-refractivity contribution in [1.82, 2.24) is 0 Å². The van der Waals surface area contributed by atoms with Gasteiger partial charge in [0.25, 0.3) is 0 Å². The predicted octanol–water partition coefficient (Wildman–Crippen LogP) is 5.50. The zero-order valence-electron chi connectivity index (χ0n) is 16.1. The largest absolute Gasteiger partial charge is 0.492 e. The van der Waals surface area contributed by atoms with Crippen LogP contribution < -0.4 is 4.74 Å². The highest BCUT2D eigenvalue weighted by Gasteiger charge is 2.33. The smallest absolute Gasteiger partial charge is 0.416 e. The van der Waals surface area contributed by atoms with Crippen LogP contribution in [0.1, 0.15) is 31.8 Å². The first-order valence-corrected chi connectivity index (χ1v) is 9.54. The summed E-state index contributed by atoms with van der Waals surface area (Å²) in [4.78, 5) is 24.5. The van der Waals surface area contributed by atoms with Crippen molar-refractivity contribution in [2.45, 2.75) is 12.6 Å². The van der Waals surface area contributed by atoms with Crippen molar-refractivity contribution in [3.63, 3.8) is 0 Å². The molecule has 0 aromatic heterocycles. The molecule has 1 aliphatic heterocycles. The van der Waals surface area contributed by atoms with E-state index >= 15 is 0 Å². The molecule has 158 valence electrons. The molecule has 3 aromatic carbocycles. The molecular weight excluding hydrogens is 409 g/mol. The van der Waals surface area contributed by atoms with E-state index in [4.69, 9.17) is 4.74 Å². The molecule has 0 aliphatic carbocycles. The fourth-order valence-electron chi connectivity index (χ4n) is 3.69. The highest BCUT2D eigenvalue weighted by molar-refractivity contribution is 6.03. The van der Waals surface area contributed by atoms with E-state index in [0.29, 0.717) is 12.0 Å². The third-order valence-electron chi connectivity index (χ3n) is 5.27. The Hall–Kier alpha value is -3.61. The second kappa shape index (κ2) is 7.91. The summed E-state index contributed by atoms with van der Waals surface area (Å²) in [6.07, 6.45) is -4.10. The van der Waals surface area contributed by atoms with Gasteiger partial charge in [0.1, 0.15) is 5.75 Å². The summed E-state index contributed by atoms with van der Waals surface area (Å²) >= 11 is 0. The van der Waals surface area contributed by atoms with Crippen LogP contribution >= 0.6 is 0 Å². The van der Waals surface area contributed by atoms with E-state index < -0.39 is 17.7 Å². The van der Waals surface area contributed by atoms with Gasteiger partial charge in [-0.15, -0.1) is 0 Å². The maximum atomic E-state index is 13.1. The number of hydrogen-bond donors (Lipinski definition) is 1. The van der Waals surface area contributed by atoms with Crippen LogP contribution in [-0.4, -0.2) is 23.5 Å². The first-order chi connectivity index (χ1) is 14.7. The minimum atomic E-state index is -4.61. The Bertz CT molecular complexity index is 1150. The fraction of sp³-hybridized carbons (Fsp3) is 0.167. The number of carboxylic acids is 1. The van der Waals surface area contributed by atoms with Crippen LogP contribution in [0.3, 0.4) is 0 Å². The van der Waals surface area contributed by atoms with Gasteiger partial charge in [-0.3, -0.25) is 4.79 Å². The summed E-state index contributed by atoms with van der Waals surface area (Å²) in [6.45, 7) is 0.137. The SMILES string of the molecule is O=C(O)c1ccc(C(F)(F)F)cc1-c1ccc2c(c1)OCC(Cc1ccccc1)C2=O. The van der Waals surface area contributed by atoms with Crippen molar-refractivity contribution in [2.75, 3.05) is 6.61 Å². The molecule has 0 saturated heterocycles. The number of fused-ring (bicyclic) bond motifs is 1. The van der Waals surface area contributed by atoms with Crippen LogP contribution in [0, 0.1) is 5.92 Å². The standard InChI is InChI=1S/C24H17F3O4/c25-24(26,27)17-7-9-18(23(29)30)20(12-17)15-6-8-19-21(11-15)31-13-16(22(19)28)10-14-4-2-1-3-5-14/h1-9,11-12,16H,10,13H2,(H,29,30). The Kier molecular flexibility index (Phi) is 5.27. The van der Waals surface area contributed by atoms with Crippen molar-refractivity contribution >= 4 is 11.8 Å². The third kappa shape index (κ3) is 4.17. The Morgan fingerprint density at radius 3 is 2.42 bits per heavy atom. The van der Waals surface area contributed by atoms with E-state index in [9.17, 15) is 27.9 Å². The lowest BCUT2D eigenvalue weighted by Gasteiger charge is -2.25. The number of alkyl halides is 3. The lowest BCUT2D eigenvalue weighted by Crippen LogP contribution is -2.29. The van der Waals surface area contributed by atoms with E-state index in [1.54, 1.807) is 0 Å². The van der Waals surface area contributed by atoms with Gasteiger partial charge in [-0.1, -0.05) is 36.4 Å². The summed E-state index contributed by atoms with van der Waals surface area (Å²) < 4.78 is 45.2. The Balaban J connectivity index is 1.69. The highest BCUT2D eigenvalue weighted by atomic mass is 19.4. The minimum absolute atomic E-state index is 0.0902. The lowest BCUT2D eigenvalue weighted by molar-refractivity contribution is -0.137. The second-order valence-corrected chi connectivity index (χ2v) is 7.34. The molecule has 0 amide bonds. The van der Waals surface area contributed by atoms with Gasteiger partial charge >= 0.3 is 12.1 Å². The number of benzene rings is 3. The number of Topliss-reactive ketones (excluding diaryl/α,β-unsaturated/α-hetero) is 1. The number of halogens is 3. The molecule has 0 saturated carbocycles. The van der Waals surface area contributed by atoms with Crippen LogP contribution in [0.25, 0.3) is 11.1 Å². The summed E-state index contributed by atoms with van der Waals surface area (Å²) in [7, 11) is 0. The molecule has 4 rings (SSSR count). The van der Waals surface area contributed by atoms with E-state index in [2.05, 4.69) is 0 Å². The molecule has 1 atom stereocenters. The first-order valence-electron chi connectivity index (χ1n) is 9.54. The summed E-state index contributed by atoms with van der Waals surface area (Å²) in [5, 5.41) is 9.41. The molecule has 4 nitrogen and oxygen atoms in total. The van der Waals surface area contributed by atoms with E-state index in [1.807, 2.05) is 30.3 Å². The summed E-state index contributed by atoms with van der Waals surface area (Å²) in [5.74, 6) is -1.59. The van der Waals surface area contributed by atoms with E-state index in [0.717, 1.165) is 23.8 Å². The normalized spacial score (nSPS) is 15.8. The molecule has 0 fully saturated rings. The van der Waals surface area contributed by atoms with E-state index in [-0.39, 0.29) is 40.7 Å². The van der Waals surface area contributed by atoms with Gasteiger partial charge in [0.15, 0.2) is 5.78 Å². The molecule has 1 N–H and O–H groups in total. The second-order valence-electron chi connectivity index (χ2n) is 7.34. The van der Waals surface area contributed by atoms with Crippen LogP contribution in [0.5, 0.6) is 5.75 Å². The Labute approximate surface area is 175 Å². The average molecular weight is 426 g/mol. The Morgan fingerprint density at radius 2 is 1.74 bits per heavy atom. The van der Waals surface area contributed by atoms with Crippen molar-refractivity contribution in [3.8, 4) is 16.9 Å². The molecule has 1 aliphatic rings. The van der Waals surface area contributed by atoms with Gasteiger partial charge in [0.2, 0.25) is 0 Å². The van der Waals surface area contributed by atoms with Crippen LogP contribution in [-0.2, 0) is 12.6 Å². The zero-order valence-corrected chi connectivity index (χ0v) is 16.1. The third-order valence-corrected chi connectivity index (χ3v) is 5.27. The fourth-order valence-corrected chi connectivity index (χ4v) is 3.69. The Morgan fingerprint density at radius 1 is 1.00 bits per heavy atom. The molecule has 7 heteroatoms. The minimum Gasteiger partial charge on any atom is -0.492 e. The first kappa shape index (κ1) is 20.7. The van der Waals surface area contributed by atoms with Crippen molar-refractivity contribution in [2.24, 2.45) is 5.92 Å². The van der Waals surface area contributed by atoms with Crippen LogP contribution in [0.15, 0.2) is 66.7 Å². The molecular formula is C24H17F3O4. The number of ketones is 1. The maximum Gasteiger partial charge on any atom is 0.416 e. The molecule has 0 bridgehead atoms. The lowest BCUT2D eigenvalue weighted by atomic mass is 9.88. The number of ether oxygens (including phenoxy) is 1. The summed E-state index contributed by atoms with van der Waals surface area (Å²) in [6, 6.07) is 16.3. The van der Waals surface area contributed by atoms with Gasteiger partial charge in [-0.2, -0.15) is 13.2 Å². The van der Waals surface area contributed by atoms with Gasteiger partial charge in [0.05, 0.1) is 29.2 Å². The van der Waals surface area contributed by atoms with Crippen molar-refractivity contribution in [3.05, 3.63) is 89.0 Å². The number of carboxylic acid groups (broad SMARTS) is 1. The van der Waals surface area contributed by atoms with Crippen LogP contribution in [0.4, 0.5) is 13.2 Å². The molecule has 31 heavy (non-hydrogen) atoms. The predicted molar refractivity (Wildman–Crippen MR) is 107 cm³/mol. The number of rotatable bonds is 4. The molecule has 1 unspecified atom stereocenters. The average Bonchev–Trinajstić information content (AvgIpc) is 2.75. The molecule has 0 radical (unpaired) electrons. The van der Waals surface area contributed by atoms with Crippen molar-refractivity contribution in [1.29, 1.82) is 0 Å². The topological polar surface area (TPSA) is 63.6 Å². The van der Waals surface area contributed by atoms with Gasteiger partial charge in [-0.05, 0) is 53.4 Å². The van der Waals surface area contributed by atoms with Gasteiger partial charge < -0.3 is 9.84 Å². The number of carbonyl (C=O) groups is 2. The highest BCUT2D eigenvalue weighted by Crippen LogP contribution is 2.37. The monoisotopic (exact) mass is 426 g/mol. The molecule has 0 spiro atoms.